The van der Waals surface area contributed by atoms with Gasteiger partial charge in [0.15, 0.2) is 0 Å². The Kier molecular flexibility index (Phi) is 2.67. The highest BCUT2D eigenvalue weighted by atomic mass is 35.5. The minimum Gasteiger partial charge on any atom is -0.495 e. The van der Waals surface area contributed by atoms with Crippen molar-refractivity contribution in [2.24, 2.45) is 0 Å². The molecule has 0 radical (unpaired) electrons. The molecule has 0 saturated carbocycles. The predicted octanol–water partition coefficient (Wildman–Crippen LogP) is 3.25. The lowest BCUT2D eigenvalue weighted by atomic mass is 10.2. The number of methoxy groups -OCH3 is 1. The molecule has 2 rings (SSSR count). The predicted molar refractivity (Wildman–Crippen MR) is 60.8 cm³/mol. The highest BCUT2D eigenvalue weighted by molar-refractivity contribution is 6.37. The van der Waals surface area contributed by atoms with Gasteiger partial charge >= 0.3 is 0 Å². The van der Waals surface area contributed by atoms with E-state index in [1.165, 1.54) is 0 Å². The monoisotopic (exact) mass is 242 g/mol. The Bertz CT molecular complexity index is 528. The van der Waals surface area contributed by atoms with Crippen LogP contribution in [0.25, 0.3) is 10.9 Å². The molecule has 0 bridgehead atoms. The van der Waals surface area contributed by atoms with Crippen LogP contribution in [0, 0.1) is 6.92 Å². The summed E-state index contributed by atoms with van der Waals surface area (Å²) in [6.07, 6.45) is 0. The Hall–Kier alpha value is -1.06. The summed E-state index contributed by atoms with van der Waals surface area (Å²) < 4.78 is 5.08. The Morgan fingerprint density at radius 1 is 1.20 bits per heavy atom. The maximum atomic E-state index is 6.09. The van der Waals surface area contributed by atoms with Crippen molar-refractivity contribution in [3.63, 3.8) is 0 Å². The molecule has 1 heterocycles. The zero-order chi connectivity index (χ0) is 11.0. The number of fused-ring (bicyclic) bond motifs is 1. The van der Waals surface area contributed by atoms with E-state index in [4.69, 9.17) is 27.9 Å². The minimum absolute atomic E-state index is 0.513. The van der Waals surface area contributed by atoms with Crippen molar-refractivity contribution in [3.8, 4) is 5.75 Å². The highest BCUT2D eigenvalue weighted by Gasteiger charge is 2.09. The molecular formula is C10H8Cl2N2O. The molecule has 1 aromatic heterocycles. The molecule has 2 aromatic rings. The molecule has 0 aliphatic carbocycles. The number of aromatic nitrogens is 2. The molecule has 3 nitrogen and oxygen atoms in total. The second-order valence-corrected chi connectivity index (χ2v) is 3.89. The topological polar surface area (TPSA) is 35.0 Å². The summed E-state index contributed by atoms with van der Waals surface area (Å²) >= 11 is 12.1. The first-order chi connectivity index (χ1) is 7.13. The molecule has 0 aliphatic heterocycles. The van der Waals surface area contributed by atoms with Crippen molar-refractivity contribution in [1.29, 1.82) is 0 Å². The number of ether oxygens (including phenoxy) is 1. The number of hydrogen-bond acceptors (Lipinski definition) is 3. The number of hydrogen-bond donors (Lipinski definition) is 0. The van der Waals surface area contributed by atoms with Crippen LogP contribution in [-0.2, 0) is 0 Å². The van der Waals surface area contributed by atoms with Crippen molar-refractivity contribution in [2.75, 3.05) is 7.11 Å². The molecule has 0 spiro atoms. The maximum Gasteiger partial charge on any atom is 0.139 e. The number of aryl methyl sites for hydroxylation is 1. The molecule has 0 N–H and O–H groups in total. The van der Waals surface area contributed by atoms with Gasteiger partial charge in [0.05, 0.1) is 28.4 Å². The van der Waals surface area contributed by atoms with Gasteiger partial charge in [-0.1, -0.05) is 23.2 Å². The van der Waals surface area contributed by atoms with Crippen LogP contribution >= 0.6 is 23.2 Å². The summed E-state index contributed by atoms with van der Waals surface area (Å²) in [5, 5.41) is 9.82. The van der Waals surface area contributed by atoms with E-state index < -0.39 is 0 Å². The standard InChI is InChI=1S/C10H8Cl2N2O/c1-5-10(12)6-3-7(11)9(15-2)4-8(6)14-13-5/h3-4H,1-2H3. The quantitative estimate of drug-likeness (QED) is 0.771. The first-order valence-electron chi connectivity index (χ1n) is 4.29. The number of halogens is 2. The van der Waals surface area contributed by atoms with Crippen LogP contribution in [0.4, 0.5) is 0 Å². The third-order valence-electron chi connectivity index (χ3n) is 2.13. The van der Waals surface area contributed by atoms with Crippen LogP contribution < -0.4 is 4.74 Å². The average molecular weight is 243 g/mol. The van der Waals surface area contributed by atoms with Crippen molar-refractivity contribution in [1.82, 2.24) is 10.2 Å². The van der Waals surface area contributed by atoms with E-state index in [0.717, 1.165) is 5.39 Å². The molecule has 78 valence electrons. The van der Waals surface area contributed by atoms with Crippen LogP contribution in [0.3, 0.4) is 0 Å². The number of benzene rings is 1. The van der Waals surface area contributed by atoms with E-state index in [0.29, 0.717) is 27.0 Å². The molecular weight excluding hydrogens is 235 g/mol. The van der Waals surface area contributed by atoms with Gasteiger partial charge in [-0.25, -0.2) is 0 Å². The first-order valence-corrected chi connectivity index (χ1v) is 5.05. The molecule has 15 heavy (non-hydrogen) atoms. The average Bonchev–Trinajstić information content (AvgIpc) is 2.24. The van der Waals surface area contributed by atoms with Crippen LogP contribution in [0.1, 0.15) is 5.69 Å². The van der Waals surface area contributed by atoms with Gasteiger partial charge in [-0.05, 0) is 13.0 Å². The lowest BCUT2D eigenvalue weighted by molar-refractivity contribution is 0.415. The van der Waals surface area contributed by atoms with E-state index in [1.54, 1.807) is 26.2 Å². The van der Waals surface area contributed by atoms with Gasteiger partial charge in [-0.3, -0.25) is 0 Å². The fraction of sp³-hybridized carbons (Fsp3) is 0.200. The summed E-state index contributed by atoms with van der Waals surface area (Å²) in [7, 11) is 1.55. The molecule has 0 unspecified atom stereocenters. The summed E-state index contributed by atoms with van der Waals surface area (Å²) in [5.41, 5.74) is 1.36. The lowest BCUT2D eigenvalue weighted by Crippen LogP contribution is -1.92. The van der Waals surface area contributed by atoms with Gasteiger partial charge in [-0.15, -0.1) is 0 Å². The van der Waals surface area contributed by atoms with Crippen LogP contribution in [0.15, 0.2) is 12.1 Å². The number of nitrogens with zero attached hydrogens (tertiary/aromatic N) is 2. The summed E-state index contributed by atoms with van der Waals surface area (Å²) in [6, 6.07) is 3.45. The molecule has 0 amide bonds. The number of rotatable bonds is 1. The zero-order valence-electron chi connectivity index (χ0n) is 8.21. The van der Waals surface area contributed by atoms with Crippen molar-refractivity contribution >= 4 is 34.1 Å². The third kappa shape index (κ3) is 1.73. The molecule has 0 saturated heterocycles. The van der Waals surface area contributed by atoms with E-state index in [9.17, 15) is 0 Å². The van der Waals surface area contributed by atoms with Gasteiger partial charge in [-0.2, -0.15) is 10.2 Å². The third-order valence-corrected chi connectivity index (χ3v) is 2.90. The summed E-state index contributed by atoms with van der Waals surface area (Å²) in [5.74, 6) is 0.568. The van der Waals surface area contributed by atoms with Gasteiger partial charge in [0.1, 0.15) is 5.75 Å². The van der Waals surface area contributed by atoms with E-state index in [2.05, 4.69) is 10.2 Å². The van der Waals surface area contributed by atoms with Crippen LogP contribution in [0.2, 0.25) is 10.0 Å². The zero-order valence-corrected chi connectivity index (χ0v) is 9.73. The second-order valence-electron chi connectivity index (χ2n) is 3.10. The SMILES string of the molecule is COc1cc2nnc(C)c(Cl)c2cc1Cl. The second kappa shape index (κ2) is 3.83. The minimum atomic E-state index is 0.513. The van der Waals surface area contributed by atoms with E-state index in [-0.39, 0.29) is 0 Å². The maximum absolute atomic E-state index is 6.09. The molecule has 0 atom stereocenters. The first kappa shape index (κ1) is 10.5. The summed E-state index contributed by atoms with van der Waals surface area (Å²) in [6.45, 7) is 1.80. The van der Waals surface area contributed by atoms with Gasteiger partial charge in [0, 0.05) is 11.5 Å². The Morgan fingerprint density at radius 2 is 1.93 bits per heavy atom. The Morgan fingerprint density at radius 3 is 2.60 bits per heavy atom. The fourth-order valence-electron chi connectivity index (χ4n) is 1.33. The molecule has 0 fully saturated rings. The van der Waals surface area contributed by atoms with Crippen molar-refractivity contribution in [3.05, 3.63) is 27.9 Å². The largest absolute Gasteiger partial charge is 0.495 e. The lowest BCUT2D eigenvalue weighted by Gasteiger charge is -2.06. The summed E-state index contributed by atoms with van der Waals surface area (Å²) in [4.78, 5) is 0. The molecule has 5 heteroatoms. The fourth-order valence-corrected chi connectivity index (χ4v) is 1.76. The van der Waals surface area contributed by atoms with E-state index >= 15 is 0 Å². The van der Waals surface area contributed by atoms with Crippen LogP contribution in [-0.4, -0.2) is 17.3 Å². The van der Waals surface area contributed by atoms with Gasteiger partial charge < -0.3 is 4.74 Å². The highest BCUT2D eigenvalue weighted by Crippen LogP contribution is 2.32. The smallest absolute Gasteiger partial charge is 0.139 e. The normalized spacial score (nSPS) is 10.7. The Labute approximate surface area is 97.0 Å². The van der Waals surface area contributed by atoms with Crippen molar-refractivity contribution < 1.29 is 4.74 Å². The Balaban J connectivity index is 2.81. The van der Waals surface area contributed by atoms with Gasteiger partial charge in [0.25, 0.3) is 0 Å². The van der Waals surface area contributed by atoms with Crippen molar-refractivity contribution in [2.45, 2.75) is 6.92 Å². The van der Waals surface area contributed by atoms with Gasteiger partial charge in [0.2, 0.25) is 0 Å². The van der Waals surface area contributed by atoms with Crippen LogP contribution in [0.5, 0.6) is 5.75 Å². The van der Waals surface area contributed by atoms with E-state index in [1.807, 2.05) is 0 Å². The molecule has 1 aromatic carbocycles. The molecule has 0 aliphatic rings.